The van der Waals surface area contributed by atoms with E-state index in [0.29, 0.717) is 17.1 Å². The third kappa shape index (κ3) is 3.20. The number of hydrogen-bond donors (Lipinski definition) is 2. The average molecular weight is 231 g/mol. The predicted molar refractivity (Wildman–Crippen MR) is 55.4 cm³/mol. The lowest BCUT2D eigenvalue weighted by Crippen LogP contribution is -2.21. The van der Waals surface area contributed by atoms with Gasteiger partial charge in [0.05, 0.1) is 17.2 Å². The van der Waals surface area contributed by atoms with Gasteiger partial charge in [-0.2, -0.15) is 0 Å². The average Bonchev–Trinajstić information content (AvgIpc) is 2.25. The number of aldehydes is 1. The highest BCUT2D eigenvalue weighted by Gasteiger charge is 2.09. The van der Waals surface area contributed by atoms with Crippen molar-refractivity contribution in [1.82, 2.24) is 0 Å². The summed E-state index contributed by atoms with van der Waals surface area (Å²) < 4.78 is 5.14. The Morgan fingerprint density at radius 2 is 2.27 bits per heavy atom. The van der Waals surface area contributed by atoms with E-state index >= 15 is 0 Å². The summed E-state index contributed by atoms with van der Waals surface area (Å²) in [5, 5.41) is 17.9. The van der Waals surface area contributed by atoms with Gasteiger partial charge in [0, 0.05) is 0 Å². The Balaban J connectivity index is 2.76. The Labute approximate surface area is 92.1 Å². The molecule has 4 nitrogen and oxygen atoms in total. The molecule has 5 heteroatoms. The van der Waals surface area contributed by atoms with Gasteiger partial charge in [-0.05, 0) is 12.1 Å². The fraction of sp³-hybridized carbons (Fsp3) is 0.300. The monoisotopic (exact) mass is 230 g/mol. The Morgan fingerprint density at radius 1 is 1.53 bits per heavy atom. The molecule has 82 valence electrons. The first kappa shape index (κ1) is 12.0. The summed E-state index contributed by atoms with van der Waals surface area (Å²) in [5.41, 5.74) is 0.240. The summed E-state index contributed by atoms with van der Waals surface area (Å²) in [6, 6.07) is 4.77. The lowest BCUT2D eigenvalue weighted by atomic mass is 10.2. The number of carbonyl (C=O) groups is 1. The number of hydrogen-bond acceptors (Lipinski definition) is 4. The van der Waals surface area contributed by atoms with E-state index in [2.05, 4.69) is 0 Å². The molecule has 15 heavy (non-hydrogen) atoms. The largest absolute Gasteiger partial charge is 0.490 e. The summed E-state index contributed by atoms with van der Waals surface area (Å²) in [6.07, 6.45) is -0.383. The molecule has 2 N–H and O–H groups in total. The summed E-state index contributed by atoms with van der Waals surface area (Å²) in [7, 11) is 0. The molecular formula is C10H11ClO4. The molecule has 0 radical (unpaired) electrons. The first-order valence-electron chi connectivity index (χ1n) is 4.34. The zero-order valence-corrected chi connectivity index (χ0v) is 8.65. The van der Waals surface area contributed by atoms with Crippen LogP contribution in [0.15, 0.2) is 18.2 Å². The molecule has 0 saturated carbocycles. The van der Waals surface area contributed by atoms with Crippen LogP contribution in [0.3, 0.4) is 0 Å². The number of rotatable bonds is 5. The lowest BCUT2D eigenvalue weighted by molar-refractivity contribution is 0.0533. The molecule has 0 spiro atoms. The molecule has 1 rings (SSSR count). The van der Waals surface area contributed by atoms with Crippen molar-refractivity contribution < 1.29 is 19.7 Å². The van der Waals surface area contributed by atoms with Crippen molar-refractivity contribution in [1.29, 1.82) is 0 Å². The fourth-order valence-electron chi connectivity index (χ4n) is 0.996. The van der Waals surface area contributed by atoms with E-state index < -0.39 is 12.7 Å². The van der Waals surface area contributed by atoms with Crippen molar-refractivity contribution >= 4 is 17.9 Å². The fourth-order valence-corrected chi connectivity index (χ4v) is 1.21. The molecule has 0 aliphatic heterocycles. The van der Waals surface area contributed by atoms with Gasteiger partial charge in [0.15, 0.2) is 6.29 Å². The molecule has 0 fully saturated rings. The third-order valence-electron chi connectivity index (χ3n) is 1.77. The second kappa shape index (κ2) is 5.70. The molecule has 0 aromatic heterocycles. The number of aliphatic hydroxyl groups is 2. The summed E-state index contributed by atoms with van der Waals surface area (Å²) in [5.74, 6) is 0.296. The molecule has 1 atom stereocenters. The van der Waals surface area contributed by atoms with E-state index in [1.54, 1.807) is 18.2 Å². The minimum atomic E-state index is -0.969. The van der Waals surface area contributed by atoms with Crippen molar-refractivity contribution in [2.24, 2.45) is 0 Å². The van der Waals surface area contributed by atoms with Gasteiger partial charge < -0.3 is 14.9 Å². The zero-order chi connectivity index (χ0) is 11.3. The molecule has 0 saturated heterocycles. The Kier molecular flexibility index (Phi) is 4.55. The van der Waals surface area contributed by atoms with Crippen LogP contribution < -0.4 is 4.74 Å². The van der Waals surface area contributed by atoms with Crippen LogP contribution >= 0.6 is 11.6 Å². The summed E-state index contributed by atoms with van der Waals surface area (Å²) in [4.78, 5) is 10.7. The van der Waals surface area contributed by atoms with Gasteiger partial charge in [-0.3, -0.25) is 4.79 Å². The minimum Gasteiger partial charge on any atom is -0.490 e. The highest BCUT2D eigenvalue weighted by Crippen LogP contribution is 2.24. The number of carbonyl (C=O) groups excluding carboxylic acids is 1. The quantitative estimate of drug-likeness (QED) is 0.737. The maximum absolute atomic E-state index is 10.7. The number of ether oxygens (including phenoxy) is 1. The smallest absolute Gasteiger partial charge is 0.155 e. The summed E-state index contributed by atoms with van der Waals surface area (Å²) >= 11 is 5.76. The molecular weight excluding hydrogens is 220 g/mol. The lowest BCUT2D eigenvalue weighted by Gasteiger charge is -2.11. The van der Waals surface area contributed by atoms with E-state index in [1.807, 2.05) is 0 Å². The van der Waals surface area contributed by atoms with Gasteiger partial charge in [-0.25, -0.2) is 0 Å². The van der Waals surface area contributed by atoms with Crippen LogP contribution in [0.4, 0.5) is 0 Å². The molecule has 0 amide bonds. The van der Waals surface area contributed by atoms with Crippen molar-refractivity contribution in [3.05, 3.63) is 28.8 Å². The van der Waals surface area contributed by atoms with E-state index in [4.69, 9.17) is 26.6 Å². The number of aliphatic hydroxyl groups excluding tert-OH is 2. The van der Waals surface area contributed by atoms with E-state index in [9.17, 15) is 4.79 Å². The summed E-state index contributed by atoms with van der Waals surface area (Å²) in [6.45, 7) is -0.478. The third-order valence-corrected chi connectivity index (χ3v) is 2.10. The van der Waals surface area contributed by atoms with E-state index in [-0.39, 0.29) is 12.2 Å². The van der Waals surface area contributed by atoms with Gasteiger partial charge in [-0.1, -0.05) is 17.7 Å². The predicted octanol–water partition coefficient (Wildman–Crippen LogP) is 0.884. The van der Waals surface area contributed by atoms with Crippen LogP contribution in [-0.4, -0.2) is 35.8 Å². The van der Waals surface area contributed by atoms with Crippen molar-refractivity contribution in [2.75, 3.05) is 13.2 Å². The highest BCUT2D eigenvalue weighted by atomic mass is 35.5. The second-order valence-electron chi connectivity index (χ2n) is 2.92. The SMILES string of the molecule is O=Cc1c(Cl)cccc1OCC(O)CO. The van der Waals surface area contributed by atoms with Crippen LogP contribution in [0.5, 0.6) is 5.75 Å². The van der Waals surface area contributed by atoms with Crippen molar-refractivity contribution in [2.45, 2.75) is 6.10 Å². The number of halogens is 1. The van der Waals surface area contributed by atoms with Gasteiger partial charge in [0.25, 0.3) is 0 Å². The van der Waals surface area contributed by atoms with Gasteiger partial charge in [0.1, 0.15) is 18.5 Å². The second-order valence-corrected chi connectivity index (χ2v) is 3.32. The first-order chi connectivity index (χ1) is 7.19. The van der Waals surface area contributed by atoms with Crippen LogP contribution in [0.2, 0.25) is 5.02 Å². The Hall–Kier alpha value is -1.10. The molecule has 0 heterocycles. The Morgan fingerprint density at radius 3 is 2.87 bits per heavy atom. The molecule has 0 bridgehead atoms. The molecule has 1 aromatic carbocycles. The topological polar surface area (TPSA) is 66.8 Å². The van der Waals surface area contributed by atoms with E-state index in [0.717, 1.165) is 0 Å². The van der Waals surface area contributed by atoms with E-state index in [1.165, 1.54) is 0 Å². The maximum Gasteiger partial charge on any atom is 0.155 e. The van der Waals surface area contributed by atoms with Crippen LogP contribution in [0.1, 0.15) is 10.4 Å². The van der Waals surface area contributed by atoms with Gasteiger partial charge in [0.2, 0.25) is 0 Å². The minimum absolute atomic E-state index is 0.0856. The van der Waals surface area contributed by atoms with Crippen LogP contribution in [-0.2, 0) is 0 Å². The highest BCUT2D eigenvalue weighted by molar-refractivity contribution is 6.33. The van der Waals surface area contributed by atoms with Crippen LogP contribution in [0.25, 0.3) is 0 Å². The normalized spacial score (nSPS) is 12.2. The first-order valence-corrected chi connectivity index (χ1v) is 4.72. The van der Waals surface area contributed by atoms with Gasteiger partial charge >= 0.3 is 0 Å². The molecule has 1 unspecified atom stereocenters. The zero-order valence-electron chi connectivity index (χ0n) is 7.89. The van der Waals surface area contributed by atoms with Crippen molar-refractivity contribution in [3.8, 4) is 5.75 Å². The van der Waals surface area contributed by atoms with Gasteiger partial charge in [-0.15, -0.1) is 0 Å². The number of benzene rings is 1. The van der Waals surface area contributed by atoms with Crippen LogP contribution in [0, 0.1) is 0 Å². The maximum atomic E-state index is 10.7. The molecule has 0 aliphatic carbocycles. The van der Waals surface area contributed by atoms with Crippen molar-refractivity contribution in [3.63, 3.8) is 0 Å². The molecule has 1 aromatic rings. The Bertz CT molecular complexity index is 340. The molecule has 0 aliphatic rings. The standard InChI is InChI=1S/C10H11ClO4/c11-9-2-1-3-10(8(9)5-13)15-6-7(14)4-12/h1-3,5,7,12,14H,4,6H2.